The molecule has 100 valence electrons. The average Bonchev–Trinajstić information content (AvgIpc) is 2.27. The summed E-state index contributed by atoms with van der Waals surface area (Å²) in [5.74, 6) is -0.245. The first-order chi connectivity index (χ1) is 8.20. The smallest absolute Gasteiger partial charge is 0.253 e. The second kappa shape index (κ2) is 5.39. The highest BCUT2D eigenvalue weighted by Gasteiger charge is 2.14. The third-order valence-corrected chi connectivity index (χ3v) is 3.59. The molecular weight excluding hydrogens is 252 g/mol. The van der Waals surface area contributed by atoms with Gasteiger partial charge in [0.25, 0.3) is 5.91 Å². The van der Waals surface area contributed by atoms with Gasteiger partial charge in [0, 0.05) is 31.1 Å². The minimum atomic E-state index is -3.06. The van der Waals surface area contributed by atoms with Gasteiger partial charge in [0.15, 0.2) is 0 Å². The highest BCUT2D eigenvalue weighted by Crippen LogP contribution is 2.13. The Balaban J connectivity index is 2.77. The maximum atomic E-state index is 12.0. The molecule has 0 atom stereocenters. The number of amides is 1. The molecule has 0 radical (unpaired) electrons. The van der Waals surface area contributed by atoms with E-state index in [1.807, 2.05) is 6.92 Å². The van der Waals surface area contributed by atoms with Crippen LogP contribution in [0.5, 0.6) is 0 Å². The summed E-state index contributed by atoms with van der Waals surface area (Å²) in [5.41, 5.74) is 7.65. The number of hydrogen-bond acceptors (Lipinski definition) is 4. The molecule has 1 rings (SSSR count). The topological polar surface area (TPSA) is 80.5 Å². The summed E-state index contributed by atoms with van der Waals surface area (Å²) in [7, 11) is -1.48. The zero-order valence-electron chi connectivity index (χ0n) is 10.8. The van der Waals surface area contributed by atoms with Gasteiger partial charge in [0.2, 0.25) is 0 Å². The summed E-state index contributed by atoms with van der Waals surface area (Å²) in [5, 5.41) is 0. The third-order valence-electron chi connectivity index (χ3n) is 2.66. The van der Waals surface area contributed by atoms with Crippen molar-refractivity contribution in [2.45, 2.75) is 6.92 Å². The van der Waals surface area contributed by atoms with Crippen LogP contribution in [0.4, 0.5) is 5.69 Å². The molecule has 6 heteroatoms. The molecule has 18 heavy (non-hydrogen) atoms. The highest BCUT2D eigenvalue weighted by atomic mass is 32.2. The monoisotopic (exact) mass is 270 g/mol. The molecule has 0 aliphatic rings. The number of carbonyl (C=O) groups excluding carboxylic acids is 1. The Bertz CT molecular complexity index is 552. The van der Waals surface area contributed by atoms with E-state index in [2.05, 4.69) is 0 Å². The van der Waals surface area contributed by atoms with Crippen LogP contribution in [0.15, 0.2) is 18.2 Å². The number of nitrogens with two attached hydrogens (primary N) is 1. The van der Waals surface area contributed by atoms with Gasteiger partial charge >= 0.3 is 0 Å². The van der Waals surface area contributed by atoms with Crippen LogP contribution < -0.4 is 5.73 Å². The standard InChI is InChI=1S/C12H18N2O3S/c1-9-8-10(4-5-11(9)13)12(15)14(2)6-7-18(3,16)17/h4-5,8H,6-7,13H2,1-3H3. The highest BCUT2D eigenvalue weighted by molar-refractivity contribution is 7.90. The summed E-state index contributed by atoms with van der Waals surface area (Å²) in [6.45, 7) is 2.00. The van der Waals surface area contributed by atoms with Crippen molar-refractivity contribution in [2.75, 3.05) is 31.3 Å². The molecule has 0 saturated carbocycles. The number of nitrogens with zero attached hydrogens (tertiary/aromatic N) is 1. The van der Waals surface area contributed by atoms with E-state index in [-0.39, 0.29) is 18.2 Å². The number of benzene rings is 1. The van der Waals surface area contributed by atoms with E-state index in [0.29, 0.717) is 11.3 Å². The first kappa shape index (κ1) is 14.5. The van der Waals surface area contributed by atoms with E-state index < -0.39 is 9.84 Å². The van der Waals surface area contributed by atoms with Crippen LogP contribution in [0.25, 0.3) is 0 Å². The molecule has 0 saturated heterocycles. The minimum absolute atomic E-state index is 0.0385. The molecule has 0 aliphatic heterocycles. The summed E-state index contributed by atoms with van der Waals surface area (Å²) in [6, 6.07) is 5.02. The summed E-state index contributed by atoms with van der Waals surface area (Å²) in [4.78, 5) is 13.4. The number of aryl methyl sites for hydroxylation is 1. The van der Waals surface area contributed by atoms with Crippen LogP contribution in [0.1, 0.15) is 15.9 Å². The van der Waals surface area contributed by atoms with Crippen LogP contribution >= 0.6 is 0 Å². The van der Waals surface area contributed by atoms with Crippen LogP contribution in [-0.2, 0) is 9.84 Å². The molecule has 0 aliphatic carbocycles. The van der Waals surface area contributed by atoms with Gasteiger partial charge in [-0.15, -0.1) is 0 Å². The second-order valence-electron chi connectivity index (χ2n) is 4.43. The summed E-state index contributed by atoms with van der Waals surface area (Å²) < 4.78 is 22.1. The summed E-state index contributed by atoms with van der Waals surface area (Å²) in [6.07, 6.45) is 1.15. The maximum Gasteiger partial charge on any atom is 0.253 e. The van der Waals surface area contributed by atoms with Crippen molar-refractivity contribution in [3.63, 3.8) is 0 Å². The van der Waals surface area contributed by atoms with Crippen molar-refractivity contribution in [1.82, 2.24) is 4.90 Å². The average molecular weight is 270 g/mol. The lowest BCUT2D eigenvalue weighted by atomic mass is 10.1. The van der Waals surface area contributed by atoms with Gasteiger partial charge in [-0.1, -0.05) is 0 Å². The zero-order valence-corrected chi connectivity index (χ0v) is 11.6. The van der Waals surface area contributed by atoms with Gasteiger partial charge in [0.05, 0.1) is 5.75 Å². The number of rotatable bonds is 4. The van der Waals surface area contributed by atoms with E-state index in [9.17, 15) is 13.2 Å². The van der Waals surface area contributed by atoms with Crippen LogP contribution in [0.2, 0.25) is 0 Å². The molecule has 0 bridgehead atoms. The molecule has 1 aromatic carbocycles. The van der Waals surface area contributed by atoms with Gasteiger partial charge in [-0.3, -0.25) is 4.79 Å². The lowest BCUT2D eigenvalue weighted by Crippen LogP contribution is -2.31. The van der Waals surface area contributed by atoms with E-state index >= 15 is 0 Å². The third kappa shape index (κ3) is 4.03. The number of hydrogen-bond donors (Lipinski definition) is 1. The second-order valence-corrected chi connectivity index (χ2v) is 6.69. The molecule has 0 aromatic heterocycles. The molecule has 1 amide bonds. The minimum Gasteiger partial charge on any atom is -0.399 e. The predicted molar refractivity (Wildman–Crippen MR) is 72.3 cm³/mol. The fraction of sp³-hybridized carbons (Fsp3) is 0.417. The van der Waals surface area contributed by atoms with E-state index in [1.54, 1.807) is 25.2 Å². The Labute approximate surface area is 108 Å². The Morgan fingerprint density at radius 1 is 1.39 bits per heavy atom. The lowest BCUT2D eigenvalue weighted by molar-refractivity contribution is 0.0803. The largest absolute Gasteiger partial charge is 0.399 e. The van der Waals surface area contributed by atoms with Crippen LogP contribution in [0.3, 0.4) is 0 Å². The van der Waals surface area contributed by atoms with Crippen molar-refractivity contribution < 1.29 is 13.2 Å². The number of nitrogen functional groups attached to an aromatic ring is 1. The first-order valence-electron chi connectivity index (χ1n) is 5.50. The fourth-order valence-corrected chi connectivity index (χ4v) is 2.04. The van der Waals surface area contributed by atoms with E-state index in [4.69, 9.17) is 5.73 Å². The molecule has 0 spiro atoms. The zero-order chi connectivity index (χ0) is 13.9. The van der Waals surface area contributed by atoms with Gasteiger partial charge in [-0.05, 0) is 30.7 Å². The lowest BCUT2D eigenvalue weighted by Gasteiger charge is -2.17. The van der Waals surface area contributed by atoms with Crippen molar-refractivity contribution in [3.05, 3.63) is 29.3 Å². The van der Waals surface area contributed by atoms with Gasteiger partial charge in [-0.2, -0.15) is 0 Å². The first-order valence-corrected chi connectivity index (χ1v) is 7.56. The van der Waals surface area contributed by atoms with E-state index in [1.165, 1.54) is 4.90 Å². The van der Waals surface area contributed by atoms with Gasteiger partial charge in [-0.25, -0.2) is 8.42 Å². The summed E-state index contributed by atoms with van der Waals surface area (Å²) >= 11 is 0. The normalized spacial score (nSPS) is 11.3. The molecule has 2 N–H and O–H groups in total. The number of carbonyl (C=O) groups is 1. The quantitative estimate of drug-likeness (QED) is 0.816. The fourth-order valence-electron chi connectivity index (χ4n) is 1.43. The van der Waals surface area contributed by atoms with Crippen molar-refractivity contribution in [1.29, 1.82) is 0 Å². The van der Waals surface area contributed by atoms with Gasteiger partial charge < -0.3 is 10.6 Å². The van der Waals surface area contributed by atoms with E-state index in [0.717, 1.165) is 11.8 Å². The Hall–Kier alpha value is -1.56. The molecule has 0 unspecified atom stereocenters. The molecule has 0 fully saturated rings. The van der Waals surface area contributed by atoms with Crippen molar-refractivity contribution in [2.24, 2.45) is 0 Å². The van der Waals surface area contributed by atoms with Crippen LogP contribution in [0, 0.1) is 6.92 Å². The predicted octanol–water partition coefficient (Wildman–Crippen LogP) is 0.694. The van der Waals surface area contributed by atoms with Gasteiger partial charge in [0.1, 0.15) is 9.84 Å². The molecular formula is C12H18N2O3S. The Morgan fingerprint density at radius 2 is 2.00 bits per heavy atom. The molecule has 5 nitrogen and oxygen atoms in total. The van der Waals surface area contributed by atoms with Crippen molar-refractivity contribution in [3.8, 4) is 0 Å². The maximum absolute atomic E-state index is 12.0. The Morgan fingerprint density at radius 3 is 2.50 bits per heavy atom. The SMILES string of the molecule is Cc1cc(C(=O)N(C)CCS(C)(=O)=O)ccc1N. The number of sulfone groups is 1. The van der Waals surface area contributed by atoms with Crippen molar-refractivity contribution >= 4 is 21.4 Å². The number of anilines is 1. The van der Waals surface area contributed by atoms with Crippen LogP contribution in [-0.4, -0.2) is 44.8 Å². The molecule has 1 aromatic rings. The molecule has 0 heterocycles. The Kier molecular flexibility index (Phi) is 4.34.